The minimum absolute atomic E-state index is 0.600. The van der Waals surface area contributed by atoms with Crippen LogP contribution in [0.4, 0.5) is 0 Å². The van der Waals surface area contributed by atoms with E-state index in [0.29, 0.717) is 6.54 Å². The molecule has 1 rings (SSSR count). The molecular weight excluding hydrogens is 146 g/mol. The average Bonchev–Trinajstić information content (AvgIpc) is 2.41. The number of hydrogen-bond donors (Lipinski definition) is 0. The van der Waals surface area contributed by atoms with Crippen LogP contribution in [0.5, 0.6) is 0 Å². The number of allylic oxidation sites excluding steroid dienone is 1. The van der Waals surface area contributed by atoms with E-state index >= 15 is 0 Å². The molecule has 1 heterocycles. The number of isocyanates is 1. The average molecular weight is 155 g/mol. The van der Waals surface area contributed by atoms with Crippen LogP contribution in [0.25, 0.3) is 0 Å². The van der Waals surface area contributed by atoms with Crippen molar-refractivity contribution in [2.24, 2.45) is 4.99 Å². The van der Waals surface area contributed by atoms with Gasteiger partial charge in [-0.15, -0.1) is 11.8 Å². The first-order valence-electron chi connectivity index (χ1n) is 3.29. The molecule has 0 saturated carbocycles. The monoisotopic (exact) mass is 155 g/mol. The van der Waals surface area contributed by atoms with E-state index < -0.39 is 0 Å². The molecule has 0 amide bonds. The van der Waals surface area contributed by atoms with Gasteiger partial charge in [0.2, 0.25) is 6.08 Å². The van der Waals surface area contributed by atoms with Gasteiger partial charge < -0.3 is 0 Å². The standard InChI is InChI=1S/C7H9NOS/c9-6-8-4-3-7-2-1-5-10-7/h2H,1,3-5H2. The fraction of sp³-hybridized carbons (Fsp3) is 0.571. The molecule has 2 nitrogen and oxygen atoms in total. The molecule has 0 aliphatic carbocycles. The summed E-state index contributed by atoms with van der Waals surface area (Å²) in [6.07, 6.45) is 5.83. The number of thioether (sulfide) groups is 1. The summed E-state index contributed by atoms with van der Waals surface area (Å²) in [5.41, 5.74) is 0. The first kappa shape index (κ1) is 7.58. The van der Waals surface area contributed by atoms with Crippen LogP contribution in [0, 0.1) is 0 Å². The van der Waals surface area contributed by atoms with Crippen LogP contribution in [-0.2, 0) is 4.79 Å². The Balaban J connectivity index is 2.18. The summed E-state index contributed by atoms with van der Waals surface area (Å²) in [4.78, 5) is 14.5. The van der Waals surface area contributed by atoms with Gasteiger partial charge in [-0.3, -0.25) is 0 Å². The Bertz CT molecular complexity index is 182. The SMILES string of the molecule is O=C=NCCC1=CCCS1. The zero-order chi connectivity index (χ0) is 7.23. The van der Waals surface area contributed by atoms with Crippen LogP contribution in [0.3, 0.4) is 0 Å². The minimum atomic E-state index is 0.600. The molecule has 10 heavy (non-hydrogen) atoms. The number of hydrogen-bond acceptors (Lipinski definition) is 3. The molecule has 1 aliphatic rings. The zero-order valence-electron chi connectivity index (χ0n) is 5.67. The lowest BCUT2D eigenvalue weighted by atomic mass is 10.3. The first-order valence-corrected chi connectivity index (χ1v) is 4.27. The van der Waals surface area contributed by atoms with Crippen molar-refractivity contribution in [2.45, 2.75) is 12.8 Å². The third-order valence-corrected chi connectivity index (χ3v) is 2.49. The molecule has 0 unspecified atom stereocenters. The third-order valence-electron chi connectivity index (χ3n) is 1.31. The smallest absolute Gasteiger partial charge is 0.211 e. The molecule has 0 N–H and O–H groups in total. The molecular formula is C7H9NOS. The molecule has 0 saturated heterocycles. The van der Waals surface area contributed by atoms with Crippen LogP contribution in [-0.4, -0.2) is 18.4 Å². The van der Waals surface area contributed by atoms with Crippen molar-refractivity contribution >= 4 is 17.8 Å². The predicted octanol–water partition coefficient (Wildman–Crippen LogP) is 1.73. The van der Waals surface area contributed by atoms with E-state index in [1.165, 1.54) is 23.2 Å². The summed E-state index contributed by atoms with van der Waals surface area (Å²) in [5, 5.41) is 0. The lowest BCUT2D eigenvalue weighted by Gasteiger charge is -1.93. The molecule has 1 aliphatic heterocycles. The molecule has 0 atom stereocenters. The fourth-order valence-electron chi connectivity index (χ4n) is 0.855. The van der Waals surface area contributed by atoms with E-state index in [4.69, 9.17) is 0 Å². The summed E-state index contributed by atoms with van der Waals surface area (Å²) in [6, 6.07) is 0. The topological polar surface area (TPSA) is 29.4 Å². The van der Waals surface area contributed by atoms with Gasteiger partial charge in [-0.05, 0) is 17.7 Å². The van der Waals surface area contributed by atoms with Gasteiger partial charge in [-0.2, -0.15) is 0 Å². The van der Waals surface area contributed by atoms with Gasteiger partial charge in [-0.25, -0.2) is 9.79 Å². The Hall–Kier alpha value is -0.530. The van der Waals surface area contributed by atoms with Crippen molar-refractivity contribution in [3.8, 4) is 0 Å². The highest BCUT2D eigenvalue weighted by Crippen LogP contribution is 2.26. The fourth-order valence-corrected chi connectivity index (χ4v) is 1.82. The summed E-state index contributed by atoms with van der Waals surface area (Å²) < 4.78 is 0. The number of carbonyl (C=O) groups excluding carboxylic acids is 1. The van der Waals surface area contributed by atoms with Crippen LogP contribution < -0.4 is 0 Å². The van der Waals surface area contributed by atoms with E-state index in [1.807, 2.05) is 11.8 Å². The highest BCUT2D eigenvalue weighted by molar-refractivity contribution is 8.03. The van der Waals surface area contributed by atoms with E-state index in [9.17, 15) is 4.79 Å². The quantitative estimate of drug-likeness (QED) is 0.459. The van der Waals surface area contributed by atoms with Crippen molar-refractivity contribution in [3.05, 3.63) is 11.0 Å². The van der Waals surface area contributed by atoms with Crippen LogP contribution in [0.15, 0.2) is 16.0 Å². The number of aliphatic imine (C=N–C) groups is 1. The maximum absolute atomic E-state index is 9.66. The molecule has 3 heteroatoms. The van der Waals surface area contributed by atoms with Crippen molar-refractivity contribution < 1.29 is 4.79 Å². The molecule has 54 valence electrons. The van der Waals surface area contributed by atoms with Gasteiger partial charge in [0.1, 0.15) is 0 Å². The number of rotatable bonds is 3. The predicted molar refractivity (Wildman–Crippen MR) is 42.8 cm³/mol. The molecule has 0 aromatic heterocycles. The van der Waals surface area contributed by atoms with Gasteiger partial charge in [0.15, 0.2) is 0 Å². The molecule has 0 aromatic carbocycles. The largest absolute Gasteiger partial charge is 0.234 e. The van der Waals surface area contributed by atoms with Crippen molar-refractivity contribution in [3.63, 3.8) is 0 Å². The molecule has 0 bridgehead atoms. The molecule has 0 radical (unpaired) electrons. The summed E-state index contributed by atoms with van der Waals surface area (Å²) in [7, 11) is 0. The third kappa shape index (κ3) is 2.38. The lowest BCUT2D eigenvalue weighted by Crippen LogP contribution is -1.79. The summed E-state index contributed by atoms with van der Waals surface area (Å²) >= 11 is 1.86. The molecule has 0 aromatic rings. The summed E-state index contributed by atoms with van der Waals surface area (Å²) in [5.74, 6) is 1.19. The van der Waals surface area contributed by atoms with Gasteiger partial charge >= 0.3 is 0 Å². The van der Waals surface area contributed by atoms with E-state index in [0.717, 1.165) is 6.42 Å². The maximum Gasteiger partial charge on any atom is 0.234 e. The van der Waals surface area contributed by atoms with Crippen molar-refractivity contribution in [1.82, 2.24) is 0 Å². The van der Waals surface area contributed by atoms with Crippen molar-refractivity contribution in [2.75, 3.05) is 12.3 Å². The second kappa shape index (κ2) is 4.31. The first-order chi connectivity index (χ1) is 4.93. The van der Waals surface area contributed by atoms with Gasteiger partial charge in [0.05, 0.1) is 6.54 Å². The Morgan fingerprint density at radius 3 is 3.30 bits per heavy atom. The van der Waals surface area contributed by atoms with Crippen LogP contribution >= 0.6 is 11.8 Å². The van der Waals surface area contributed by atoms with Crippen LogP contribution in [0.2, 0.25) is 0 Å². The van der Waals surface area contributed by atoms with Gasteiger partial charge in [0, 0.05) is 5.75 Å². The van der Waals surface area contributed by atoms with E-state index in [2.05, 4.69) is 11.1 Å². The summed E-state index contributed by atoms with van der Waals surface area (Å²) in [6.45, 7) is 0.600. The Morgan fingerprint density at radius 2 is 2.70 bits per heavy atom. The minimum Gasteiger partial charge on any atom is -0.211 e. The lowest BCUT2D eigenvalue weighted by molar-refractivity contribution is 0.563. The Kier molecular flexibility index (Phi) is 3.27. The van der Waals surface area contributed by atoms with Crippen LogP contribution in [0.1, 0.15) is 12.8 Å². The maximum atomic E-state index is 9.66. The highest BCUT2D eigenvalue weighted by Gasteiger charge is 2.02. The second-order valence-electron chi connectivity index (χ2n) is 2.03. The van der Waals surface area contributed by atoms with Gasteiger partial charge in [-0.1, -0.05) is 6.08 Å². The van der Waals surface area contributed by atoms with Crippen molar-refractivity contribution in [1.29, 1.82) is 0 Å². The van der Waals surface area contributed by atoms with Gasteiger partial charge in [0.25, 0.3) is 0 Å². The highest BCUT2D eigenvalue weighted by atomic mass is 32.2. The second-order valence-corrected chi connectivity index (χ2v) is 3.25. The molecule has 0 spiro atoms. The number of nitrogens with zero attached hydrogens (tertiary/aromatic N) is 1. The Labute approximate surface area is 64.4 Å². The van der Waals surface area contributed by atoms with E-state index in [-0.39, 0.29) is 0 Å². The van der Waals surface area contributed by atoms with E-state index in [1.54, 1.807) is 0 Å². The zero-order valence-corrected chi connectivity index (χ0v) is 6.49. The Morgan fingerprint density at radius 1 is 1.80 bits per heavy atom. The normalized spacial score (nSPS) is 16.2. The molecule has 0 fully saturated rings.